The smallest absolute Gasteiger partial charge is 0.230 e. The molecule has 1 aliphatic rings. The Balaban J connectivity index is 1.87. The van der Waals surface area contributed by atoms with Gasteiger partial charge < -0.3 is 10.6 Å². The maximum Gasteiger partial charge on any atom is 0.230 e. The Morgan fingerprint density at radius 1 is 1.26 bits per heavy atom. The fraction of sp³-hybridized carbons (Fsp3) is 0.421. The molecule has 23 heavy (non-hydrogen) atoms. The van der Waals surface area contributed by atoms with Gasteiger partial charge in [0.05, 0.1) is 6.54 Å². The predicted molar refractivity (Wildman–Crippen MR) is 96.6 cm³/mol. The number of hydrogen-bond donors (Lipinski definition) is 1. The molecule has 0 unspecified atom stereocenters. The molecule has 2 aromatic rings. The van der Waals surface area contributed by atoms with Gasteiger partial charge in [0.1, 0.15) is 0 Å². The summed E-state index contributed by atoms with van der Waals surface area (Å²) in [5, 5.41) is 2.06. The fourth-order valence-corrected chi connectivity index (χ4v) is 4.12. The minimum Gasteiger partial charge on any atom is -0.330 e. The van der Waals surface area contributed by atoms with Crippen LogP contribution in [-0.4, -0.2) is 12.5 Å². The Labute approximate surface area is 142 Å². The Morgan fingerprint density at radius 3 is 2.70 bits per heavy atom. The first kappa shape index (κ1) is 16.2. The number of aryl methyl sites for hydroxylation is 1. The van der Waals surface area contributed by atoms with E-state index in [1.54, 1.807) is 11.3 Å². The van der Waals surface area contributed by atoms with Crippen molar-refractivity contribution >= 4 is 22.9 Å². The Hall–Kier alpha value is -1.65. The molecule has 3 rings (SSSR count). The summed E-state index contributed by atoms with van der Waals surface area (Å²) in [6, 6.07) is 12.4. The number of thiophene rings is 1. The van der Waals surface area contributed by atoms with Gasteiger partial charge in [-0.05, 0) is 55.8 Å². The van der Waals surface area contributed by atoms with Crippen LogP contribution in [0.25, 0.3) is 0 Å². The van der Waals surface area contributed by atoms with E-state index in [0.717, 1.165) is 24.9 Å². The van der Waals surface area contributed by atoms with E-state index < -0.39 is 0 Å². The average molecular weight is 328 g/mol. The third kappa shape index (κ3) is 3.65. The highest BCUT2D eigenvalue weighted by molar-refractivity contribution is 7.09. The summed E-state index contributed by atoms with van der Waals surface area (Å²) in [7, 11) is 0. The zero-order valence-electron chi connectivity index (χ0n) is 13.6. The number of hydrogen-bond acceptors (Lipinski definition) is 3. The molecule has 0 aliphatic heterocycles. The normalized spacial score (nSPS) is 20.6. The zero-order chi connectivity index (χ0) is 16.2. The summed E-state index contributed by atoms with van der Waals surface area (Å²) in [5.74, 6) is 0.634. The second kappa shape index (κ2) is 7.28. The molecule has 122 valence electrons. The van der Waals surface area contributed by atoms with E-state index in [2.05, 4.69) is 30.5 Å². The Bertz CT molecular complexity index is 636. The standard InChI is InChI=1S/C19H24N2OS/c1-14-7-9-16(10-8-14)21(13-17-5-3-11-23-17)19(22)18-6-2-4-15(18)12-20/h3,5,7-11,15,18H,2,4,6,12-13,20H2,1H3/t15-,18-/m1/s1. The van der Waals surface area contributed by atoms with Crippen LogP contribution in [0, 0.1) is 18.8 Å². The fourth-order valence-electron chi connectivity index (χ4n) is 3.42. The molecule has 1 aliphatic carbocycles. The van der Waals surface area contributed by atoms with Crippen LogP contribution in [0.3, 0.4) is 0 Å². The van der Waals surface area contributed by atoms with Gasteiger partial charge in [-0.2, -0.15) is 0 Å². The van der Waals surface area contributed by atoms with Gasteiger partial charge in [0.2, 0.25) is 5.91 Å². The lowest BCUT2D eigenvalue weighted by molar-refractivity contribution is -0.123. The molecule has 1 fully saturated rings. The van der Waals surface area contributed by atoms with Gasteiger partial charge in [-0.3, -0.25) is 4.79 Å². The molecule has 1 amide bonds. The van der Waals surface area contributed by atoms with Crippen molar-refractivity contribution in [3.63, 3.8) is 0 Å². The van der Waals surface area contributed by atoms with Crippen LogP contribution >= 0.6 is 11.3 Å². The van der Waals surface area contributed by atoms with Crippen molar-refractivity contribution in [2.75, 3.05) is 11.4 Å². The molecule has 1 aromatic heterocycles. The van der Waals surface area contributed by atoms with Crippen molar-refractivity contribution in [1.29, 1.82) is 0 Å². The summed E-state index contributed by atoms with van der Waals surface area (Å²) in [4.78, 5) is 16.4. The molecule has 1 aromatic carbocycles. The van der Waals surface area contributed by atoms with Crippen LogP contribution < -0.4 is 10.6 Å². The molecule has 0 bridgehead atoms. The predicted octanol–water partition coefficient (Wildman–Crippen LogP) is 3.96. The van der Waals surface area contributed by atoms with Crippen molar-refractivity contribution in [3.8, 4) is 0 Å². The monoisotopic (exact) mass is 328 g/mol. The molecule has 2 N–H and O–H groups in total. The van der Waals surface area contributed by atoms with E-state index in [1.165, 1.54) is 10.4 Å². The molecular formula is C19H24N2OS. The van der Waals surface area contributed by atoms with Gasteiger partial charge in [-0.15, -0.1) is 11.3 Å². The minimum absolute atomic E-state index is 0.0706. The first-order valence-corrected chi connectivity index (χ1v) is 9.17. The summed E-state index contributed by atoms with van der Waals surface area (Å²) in [5.41, 5.74) is 8.08. The highest BCUT2D eigenvalue weighted by Crippen LogP contribution is 2.34. The molecule has 1 saturated carbocycles. The van der Waals surface area contributed by atoms with E-state index in [0.29, 0.717) is 19.0 Å². The number of carbonyl (C=O) groups is 1. The number of amides is 1. The summed E-state index contributed by atoms with van der Waals surface area (Å²) in [6.45, 7) is 3.32. The van der Waals surface area contributed by atoms with Gasteiger partial charge in [-0.25, -0.2) is 0 Å². The second-order valence-electron chi connectivity index (χ2n) is 6.37. The quantitative estimate of drug-likeness (QED) is 0.903. The molecule has 0 spiro atoms. The summed E-state index contributed by atoms with van der Waals surface area (Å²) >= 11 is 1.70. The Kier molecular flexibility index (Phi) is 5.13. The topological polar surface area (TPSA) is 46.3 Å². The molecule has 2 atom stereocenters. The maximum atomic E-state index is 13.2. The van der Waals surface area contributed by atoms with Crippen LogP contribution in [0.2, 0.25) is 0 Å². The van der Waals surface area contributed by atoms with Crippen LogP contribution in [0.4, 0.5) is 5.69 Å². The third-order valence-electron chi connectivity index (χ3n) is 4.78. The van der Waals surface area contributed by atoms with Crippen LogP contribution in [0.1, 0.15) is 29.7 Å². The molecule has 0 radical (unpaired) electrons. The molecule has 3 nitrogen and oxygen atoms in total. The molecule has 1 heterocycles. The van der Waals surface area contributed by atoms with E-state index in [1.807, 2.05) is 23.1 Å². The first-order valence-electron chi connectivity index (χ1n) is 8.29. The van der Waals surface area contributed by atoms with Crippen LogP contribution in [-0.2, 0) is 11.3 Å². The Morgan fingerprint density at radius 2 is 2.04 bits per heavy atom. The largest absolute Gasteiger partial charge is 0.330 e. The van der Waals surface area contributed by atoms with Gasteiger partial charge in [0, 0.05) is 16.5 Å². The van der Waals surface area contributed by atoms with Crippen LogP contribution in [0.15, 0.2) is 41.8 Å². The summed E-state index contributed by atoms with van der Waals surface area (Å²) in [6.07, 6.45) is 3.15. The summed E-state index contributed by atoms with van der Waals surface area (Å²) < 4.78 is 0. The van der Waals surface area contributed by atoms with Crippen molar-refractivity contribution in [1.82, 2.24) is 0 Å². The highest BCUT2D eigenvalue weighted by atomic mass is 32.1. The van der Waals surface area contributed by atoms with Crippen molar-refractivity contribution < 1.29 is 4.79 Å². The van der Waals surface area contributed by atoms with Gasteiger partial charge in [-0.1, -0.05) is 30.2 Å². The SMILES string of the molecule is Cc1ccc(N(Cc2cccs2)C(=O)[C@@H]2CCC[C@@H]2CN)cc1. The number of rotatable bonds is 5. The zero-order valence-corrected chi connectivity index (χ0v) is 14.4. The van der Waals surface area contributed by atoms with Crippen LogP contribution in [0.5, 0.6) is 0 Å². The molecule has 0 saturated heterocycles. The minimum atomic E-state index is 0.0706. The maximum absolute atomic E-state index is 13.2. The lowest BCUT2D eigenvalue weighted by atomic mass is 9.94. The molecule has 4 heteroatoms. The number of benzene rings is 1. The lowest BCUT2D eigenvalue weighted by Crippen LogP contribution is -2.38. The molecular weight excluding hydrogens is 304 g/mol. The highest BCUT2D eigenvalue weighted by Gasteiger charge is 2.35. The number of carbonyl (C=O) groups excluding carboxylic acids is 1. The van der Waals surface area contributed by atoms with Crippen molar-refractivity contribution in [2.45, 2.75) is 32.7 Å². The van der Waals surface area contributed by atoms with Crippen molar-refractivity contribution in [3.05, 3.63) is 52.2 Å². The van der Waals surface area contributed by atoms with E-state index in [4.69, 9.17) is 5.73 Å². The van der Waals surface area contributed by atoms with Gasteiger partial charge in [0.15, 0.2) is 0 Å². The van der Waals surface area contributed by atoms with E-state index >= 15 is 0 Å². The van der Waals surface area contributed by atoms with Gasteiger partial charge >= 0.3 is 0 Å². The lowest BCUT2D eigenvalue weighted by Gasteiger charge is -2.28. The van der Waals surface area contributed by atoms with Crippen molar-refractivity contribution in [2.24, 2.45) is 17.6 Å². The van der Waals surface area contributed by atoms with E-state index in [-0.39, 0.29) is 11.8 Å². The number of nitrogens with two attached hydrogens (primary N) is 1. The third-order valence-corrected chi connectivity index (χ3v) is 5.65. The van der Waals surface area contributed by atoms with E-state index in [9.17, 15) is 4.79 Å². The number of nitrogens with zero attached hydrogens (tertiary/aromatic N) is 1. The first-order chi connectivity index (χ1) is 11.2. The van der Waals surface area contributed by atoms with Gasteiger partial charge in [0.25, 0.3) is 0 Å². The number of anilines is 1. The average Bonchev–Trinajstić information content (AvgIpc) is 3.24. The second-order valence-corrected chi connectivity index (χ2v) is 7.40.